The molecule has 2 amide bonds. The van der Waals surface area contributed by atoms with Crippen molar-refractivity contribution < 1.29 is 14.3 Å². The van der Waals surface area contributed by atoms with Gasteiger partial charge in [0.2, 0.25) is 5.91 Å². The first kappa shape index (κ1) is 24.2. The van der Waals surface area contributed by atoms with Crippen LogP contribution >= 0.6 is 0 Å². The van der Waals surface area contributed by atoms with Crippen molar-refractivity contribution in [2.24, 2.45) is 17.5 Å². The maximum absolute atomic E-state index is 14.0. The molecule has 0 bridgehead atoms. The van der Waals surface area contributed by atoms with Gasteiger partial charge in [-0.05, 0) is 62.1 Å². The lowest BCUT2D eigenvalue weighted by Crippen LogP contribution is -2.52. The molecule has 2 aliphatic heterocycles. The van der Waals surface area contributed by atoms with Crippen molar-refractivity contribution in [1.82, 2.24) is 15.1 Å². The topological polar surface area (TPSA) is 97.6 Å². The zero-order valence-electron chi connectivity index (χ0n) is 21.8. The van der Waals surface area contributed by atoms with Gasteiger partial charge in [-0.2, -0.15) is 5.10 Å². The molecular formula is C30H31N5O3. The van der Waals surface area contributed by atoms with Crippen LogP contribution in [0.2, 0.25) is 0 Å². The summed E-state index contributed by atoms with van der Waals surface area (Å²) in [4.78, 5) is 31.8. The van der Waals surface area contributed by atoms with Crippen LogP contribution in [0.1, 0.15) is 54.2 Å². The number of fused-ring (bicyclic) bond motifs is 1. The average Bonchev–Trinajstić information content (AvgIpc) is 3.41. The SMILES string of the molecule is CC1=NCC(C)=C1c1ccc(NC(=O)[C@@H](NC(=O)c2ccnn2C)C2c3ccccc3OCC23CC3)cc1. The summed E-state index contributed by atoms with van der Waals surface area (Å²) in [6.45, 7) is 5.38. The van der Waals surface area contributed by atoms with E-state index in [1.165, 1.54) is 15.8 Å². The third-order valence-electron chi connectivity index (χ3n) is 8.06. The molecule has 1 aliphatic carbocycles. The van der Waals surface area contributed by atoms with Crippen LogP contribution < -0.4 is 15.4 Å². The van der Waals surface area contributed by atoms with E-state index in [1.807, 2.05) is 55.5 Å². The van der Waals surface area contributed by atoms with Gasteiger partial charge in [0.1, 0.15) is 17.5 Å². The number of nitrogens with one attached hydrogen (secondary N) is 2. The Kier molecular flexibility index (Phi) is 5.90. The third-order valence-corrected chi connectivity index (χ3v) is 8.06. The van der Waals surface area contributed by atoms with E-state index in [2.05, 4.69) is 27.6 Å². The number of amides is 2. The Bertz CT molecular complexity index is 1480. The molecule has 1 spiro atoms. The quantitative estimate of drug-likeness (QED) is 0.516. The summed E-state index contributed by atoms with van der Waals surface area (Å²) in [6, 6.07) is 16.5. The number of aryl methyl sites for hydroxylation is 1. The van der Waals surface area contributed by atoms with Crippen molar-refractivity contribution in [3.63, 3.8) is 0 Å². The van der Waals surface area contributed by atoms with Crippen LogP contribution in [-0.2, 0) is 11.8 Å². The molecule has 1 unspecified atom stereocenters. The highest BCUT2D eigenvalue weighted by molar-refractivity contribution is 6.25. The van der Waals surface area contributed by atoms with Crippen LogP contribution in [0.15, 0.2) is 71.4 Å². The fourth-order valence-corrected chi connectivity index (χ4v) is 5.87. The van der Waals surface area contributed by atoms with Gasteiger partial charge in [0, 0.05) is 47.1 Å². The fourth-order valence-electron chi connectivity index (χ4n) is 5.87. The Morgan fingerprint density at radius 3 is 2.50 bits per heavy atom. The van der Waals surface area contributed by atoms with E-state index in [0.717, 1.165) is 42.0 Å². The van der Waals surface area contributed by atoms with E-state index in [1.54, 1.807) is 19.3 Å². The first-order valence-electron chi connectivity index (χ1n) is 13.0. The smallest absolute Gasteiger partial charge is 0.270 e. The largest absolute Gasteiger partial charge is 0.493 e. The third kappa shape index (κ3) is 4.20. The number of rotatable bonds is 6. The Hall–Kier alpha value is -4.20. The predicted molar refractivity (Wildman–Crippen MR) is 146 cm³/mol. The van der Waals surface area contributed by atoms with E-state index < -0.39 is 6.04 Å². The van der Waals surface area contributed by atoms with Crippen molar-refractivity contribution in [1.29, 1.82) is 0 Å². The lowest BCUT2D eigenvalue weighted by molar-refractivity contribution is -0.119. The van der Waals surface area contributed by atoms with Crippen molar-refractivity contribution in [2.75, 3.05) is 18.5 Å². The van der Waals surface area contributed by atoms with Gasteiger partial charge in [-0.15, -0.1) is 0 Å². The lowest BCUT2D eigenvalue weighted by atomic mass is 9.76. The first-order chi connectivity index (χ1) is 18.4. The summed E-state index contributed by atoms with van der Waals surface area (Å²) in [6.07, 6.45) is 3.47. The molecule has 194 valence electrons. The van der Waals surface area contributed by atoms with Crippen molar-refractivity contribution in [2.45, 2.75) is 38.6 Å². The second-order valence-electron chi connectivity index (χ2n) is 10.6. The molecule has 0 saturated heterocycles. The molecule has 8 nitrogen and oxygen atoms in total. The highest BCUT2D eigenvalue weighted by atomic mass is 16.5. The summed E-state index contributed by atoms with van der Waals surface area (Å²) < 4.78 is 7.60. The van der Waals surface area contributed by atoms with Gasteiger partial charge in [-0.3, -0.25) is 19.3 Å². The molecule has 1 fully saturated rings. The zero-order valence-corrected chi connectivity index (χ0v) is 21.8. The number of nitrogens with zero attached hydrogens (tertiary/aromatic N) is 3. The molecule has 2 atom stereocenters. The number of carbonyl (C=O) groups excluding carboxylic acids is 2. The fraction of sp³-hybridized carbons (Fsp3) is 0.333. The summed E-state index contributed by atoms with van der Waals surface area (Å²) in [5.74, 6) is -0.0350. The number of anilines is 1. The van der Waals surface area contributed by atoms with Crippen LogP contribution in [0.5, 0.6) is 5.75 Å². The minimum absolute atomic E-state index is 0.177. The zero-order chi connectivity index (χ0) is 26.4. The van der Waals surface area contributed by atoms with Crippen LogP contribution in [0, 0.1) is 5.41 Å². The Balaban J connectivity index is 1.32. The molecule has 3 aliphatic rings. The molecule has 2 aromatic carbocycles. The second-order valence-corrected chi connectivity index (χ2v) is 10.6. The number of para-hydroxylation sites is 1. The maximum Gasteiger partial charge on any atom is 0.270 e. The van der Waals surface area contributed by atoms with Crippen LogP contribution in [0.25, 0.3) is 5.57 Å². The molecule has 2 N–H and O–H groups in total. The summed E-state index contributed by atoms with van der Waals surface area (Å²) in [5, 5.41) is 10.3. The highest BCUT2D eigenvalue weighted by Crippen LogP contribution is 2.61. The molecule has 3 aromatic rings. The monoisotopic (exact) mass is 509 g/mol. The van der Waals surface area contributed by atoms with Gasteiger partial charge in [-0.1, -0.05) is 30.3 Å². The number of benzene rings is 2. The Labute approximate surface area is 221 Å². The van der Waals surface area contributed by atoms with Gasteiger partial charge in [0.05, 0.1) is 13.2 Å². The molecular weight excluding hydrogens is 478 g/mol. The van der Waals surface area contributed by atoms with Gasteiger partial charge in [0.25, 0.3) is 5.91 Å². The molecule has 1 saturated carbocycles. The van der Waals surface area contributed by atoms with E-state index in [4.69, 9.17) is 4.74 Å². The molecule has 8 heteroatoms. The predicted octanol–water partition coefficient (Wildman–Crippen LogP) is 4.36. The normalized spacial score (nSPS) is 19.9. The number of aromatic nitrogens is 2. The van der Waals surface area contributed by atoms with Gasteiger partial charge in [-0.25, -0.2) is 0 Å². The minimum Gasteiger partial charge on any atom is -0.493 e. The second kappa shape index (κ2) is 9.28. The summed E-state index contributed by atoms with van der Waals surface area (Å²) in [7, 11) is 1.71. The Morgan fingerprint density at radius 2 is 1.84 bits per heavy atom. The van der Waals surface area contributed by atoms with E-state index >= 15 is 0 Å². The molecule has 3 heterocycles. The number of aliphatic imine (C=N–C) groups is 1. The first-order valence-corrected chi connectivity index (χ1v) is 13.0. The molecule has 1 aromatic heterocycles. The average molecular weight is 510 g/mol. The van der Waals surface area contributed by atoms with E-state index in [0.29, 0.717) is 18.0 Å². The molecule has 38 heavy (non-hydrogen) atoms. The van der Waals surface area contributed by atoms with Gasteiger partial charge in [0.15, 0.2) is 0 Å². The minimum atomic E-state index is -0.793. The lowest BCUT2D eigenvalue weighted by Gasteiger charge is -2.38. The maximum atomic E-state index is 14.0. The standard InChI is InChI=1S/C30H31N5O3/c1-18-16-31-19(2)25(18)20-8-10-21(11-9-20)33-29(37)27(34-28(36)23-12-15-32-35(23)3)26-22-6-4-5-7-24(22)38-17-30(26)13-14-30/h4-12,15,26-27H,13-14,16-17H2,1-3H3,(H,33,37)(H,34,36)/t26?,27-/m0/s1. The van der Waals surface area contributed by atoms with Crippen LogP contribution in [0.3, 0.4) is 0 Å². The highest BCUT2D eigenvalue weighted by Gasteiger charge is 2.57. The number of hydrogen-bond donors (Lipinski definition) is 2. The van der Waals surface area contributed by atoms with Gasteiger partial charge >= 0.3 is 0 Å². The molecule has 6 rings (SSSR count). The van der Waals surface area contributed by atoms with Crippen LogP contribution in [0.4, 0.5) is 5.69 Å². The summed E-state index contributed by atoms with van der Waals surface area (Å²) >= 11 is 0. The van der Waals surface area contributed by atoms with Gasteiger partial charge < -0.3 is 15.4 Å². The summed E-state index contributed by atoms with van der Waals surface area (Å²) in [5.41, 5.74) is 6.37. The molecule has 0 radical (unpaired) electrons. The van der Waals surface area contributed by atoms with Crippen LogP contribution in [-0.4, -0.2) is 46.5 Å². The number of hydrogen-bond acceptors (Lipinski definition) is 5. The number of ether oxygens (including phenoxy) is 1. The van der Waals surface area contributed by atoms with Crippen molar-refractivity contribution in [3.8, 4) is 5.75 Å². The number of carbonyl (C=O) groups is 2. The van der Waals surface area contributed by atoms with E-state index in [9.17, 15) is 9.59 Å². The van der Waals surface area contributed by atoms with Crippen molar-refractivity contribution in [3.05, 3.63) is 83.2 Å². The Morgan fingerprint density at radius 1 is 1.08 bits per heavy atom. The van der Waals surface area contributed by atoms with E-state index in [-0.39, 0.29) is 23.1 Å². The number of allylic oxidation sites excluding steroid dienone is 1. The van der Waals surface area contributed by atoms with Crippen molar-refractivity contribution >= 4 is 28.8 Å².